The van der Waals surface area contributed by atoms with Crippen molar-refractivity contribution in [1.82, 2.24) is 9.78 Å². The van der Waals surface area contributed by atoms with Gasteiger partial charge in [-0.15, -0.1) is 11.3 Å². The summed E-state index contributed by atoms with van der Waals surface area (Å²) < 4.78 is 8.75. The number of aryl methyl sites for hydroxylation is 2. The number of ether oxygens (including phenoxy) is 1. The molecule has 3 fully saturated rings. The van der Waals surface area contributed by atoms with Crippen LogP contribution in [0.15, 0.2) is 83.4 Å². The number of halogens is 2. The number of aromatic hydroxyl groups is 1. The average molecular weight is 852 g/mol. The van der Waals surface area contributed by atoms with Crippen LogP contribution >= 0.6 is 38.9 Å². The van der Waals surface area contributed by atoms with Gasteiger partial charge in [-0.25, -0.2) is 4.90 Å². The molecule has 0 bridgehead atoms. The van der Waals surface area contributed by atoms with E-state index in [4.69, 9.17) is 21.4 Å². The summed E-state index contributed by atoms with van der Waals surface area (Å²) in [5.74, 6) is -4.89. The zero-order valence-electron chi connectivity index (χ0n) is 30.9. The maximum Gasteiger partial charge on any atom is 0.242 e. The van der Waals surface area contributed by atoms with Crippen LogP contribution in [-0.4, -0.2) is 45.6 Å². The zero-order valence-corrected chi connectivity index (χ0v) is 34.0. The largest absolute Gasteiger partial charge is 0.504 e. The van der Waals surface area contributed by atoms with Gasteiger partial charge in [0.2, 0.25) is 23.6 Å². The number of amides is 4. The van der Waals surface area contributed by atoms with E-state index in [-0.39, 0.29) is 36.2 Å². The van der Waals surface area contributed by atoms with Crippen molar-refractivity contribution >= 4 is 90.2 Å². The molecule has 6 atom stereocenters. The monoisotopic (exact) mass is 850 g/mol. The van der Waals surface area contributed by atoms with Gasteiger partial charge in [-0.2, -0.15) is 5.10 Å². The summed E-state index contributed by atoms with van der Waals surface area (Å²) in [6, 6.07) is 17.9. The van der Waals surface area contributed by atoms with Crippen molar-refractivity contribution in [1.29, 1.82) is 0 Å². The van der Waals surface area contributed by atoms with Gasteiger partial charge >= 0.3 is 0 Å². The molecule has 10 nitrogen and oxygen atoms in total. The normalized spacial score (nSPS) is 25.8. The molecule has 2 aliphatic carbocycles. The first-order chi connectivity index (χ1) is 26.8. The fourth-order valence-corrected chi connectivity index (χ4v) is 11.5. The molecule has 13 heteroatoms. The van der Waals surface area contributed by atoms with Gasteiger partial charge in [-0.05, 0) is 91.6 Å². The van der Waals surface area contributed by atoms with Crippen LogP contribution in [0.2, 0.25) is 5.02 Å². The molecule has 4 aliphatic rings. The molecule has 4 heterocycles. The lowest BCUT2D eigenvalue weighted by molar-refractivity contribution is -0.131. The summed E-state index contributed by atoms with van der Waals surface area (Å²) >= 11 is 11.5. The highest BCUT2D eigenvalue weighted by Gasteiger charge is 2.68. The number of phenols is 1. The van der Waals surface area contributed by atoms with Crippen molar-refractivity contribution in [3.05, 3.63) is 105 Å². The van der Waals surface area contributed by atoms with Crippen molar-refractivity contribution in [2.75, 3.05) is 16.9 Å². The standard InChI is InChI=1S/C43H36BrClN4O6S/c1-6-21-7-10-24(11-8-21)48-39(51)26-13-12-25-28(35(26)41(48)53)18-30-40(52)49(42(54)43(30,3)36(25)29-15-22(44)16-32(55-5)37(29)50)34-19-31(46-47(34)4)38-20(2)27-17-23(45)9-14-33(27)56-38/h6-12,14-17,19,26,28,30,35-36,50H,1,13,18H2,2-5H3. The number of aromatic nitrogens is 2. The second-order valence-electron chi connectivity index (χ2n) is 15.2. The van der Waals surface area contributed by atoms with E-state index in [9.17, 15) is 19.5 Å². The first-order valence-corrected chi connectivity index (χ1v) is 20.2. The lowest BCUT2D eigenvalue weighted by Gasteiger charge is -2.49. The molecule has 6 unspecified atom stereocenters. The number of rotatable bonds is 6. The highest BCUT2D eigenvalue weighted by molar-refractivity contribution is 9.10. The van der Waals surface area contributed by atoms with E-state index in [1.165, 1.54) is 16.9 Å². The number of methoxy groups -OCH3 is 1. The molecule has 1 saturated carbocycles. The molecule has 56 heavy (non-hydrogen) atoms. The van der Waals surface area contributed by atoms with E-state index in [0.29, 0.717) is 32.3 Å². The van der Waals surface area contributed by atoms with E-state index < -0.39 is 46.8 Å². The Morgan fingerprint density at radius 3 is 2.48 bits per heavy atom. The van der Waals surface area contributed by atoms with Crippen molar-refractivity contribution < 1.29 is 29.0 Å². The highest BCUT2D eigenvalue weighted by atomic mass is 79.9. The van der Waals surface area contributed by atoms with Crippen molar-refractivity contribution in [3.63, 3.8) is 0 Å². The van der Waals surface area contributed by atoms with Crippen LogP contribution in [0.4, 0.5) is 11.5 Å². The van der Waals surface area contributed by atoms with Crippen LogP contribution in [0, 0.1) is 36.0 Å². The summed E-state index contributed by atoms with van der Waals surface area (Å²) in [6.45, 7) is 7.58. The number of imide groups is 2. The predicted octanol–water partition coefficient (Wildman–Crippen LogP) is 8.82. The molecule has 2 saturated heterocycles. The Balaban J connectivity index is 1.17. The Labute approximate surface area is 340 Å². The van der Waals surface area contributed by atoms with E-state index in [1.807, 2.05) is 31.2 Å². The summed E-state index contributed by atoms with van der Waals surface area (Å²) in [5.41, 5.74) is 2.67. The highest BCUT2D eigenvalue weighted by Crippen LogP contribution is 2.65. The minimum absolute atomic E-state index is 0.163. The smallest absolute Gasteiger partial charge is 0.242 e. The summed E-state index contributed by atoms with van der Waals surface area (Å²) in [4.78, 5) is 62.2. The Hall–Kier alpha value is -5.04. The van der Waals surface area contributed by atoms with Gasteiger partial charge in [-0.3, -0.25) is 28.8 Å². The number of anilines is 2. The Morgan fingerprint density at radius 2 is 1.77 bits per heavy atom. The fraction of sp³-hybridized carbons (Fsp3) is 0.279. The molecule has 1 N–H and O–H groups in total. The SMILES string of the molecule is C=Cc1ccc(N2C(=O)C3CC=C4C(CC5C(=O)N(c6cc(-c7sc8ccc(Cl)cc8c7C)nn6C)C(=O)C5(C)C4c4cc(Br)cc(OC)c4O)C3C2=O)cc1. The number of thiophene rings is 1. The minimum atomic E-state index is -1.39. The molecule has 3 aromatic carbocycles. The van der Waals surface area contributed by atoms with E-state index >= 15 is 4.79 Å². The first kappa shape index (κ1) is 36.6. The molecular formula is C43H36BrClN4O6S. The lowest BCUT2D eigenvalue weighted by atomic mass is 9.51. The molecule has 5 aromatic rings. The van der Waals surface area contributed by atoms with Crippen LogP contribution in [0.3, 0.4) is 0 Å². The van der Waals surface area contributed by atoms with Gasteiger partial charge < -0.3 is 9.84 Å². The number of carbonyl (C=O) groups is 4. The first-order valence-electron chi connectivity index (χ1n) is 18.3. The molecule has 9 rings (SSSR count). The number of carbonyl (C=O) groups excluding carboxylic acids is 4. The molecule has 2 aliphatic heterocycles. The van der Waals surface area contributed by atoms with Gasteiger partial charge in [0.15, 0.2) is 11.5 Å². The fourth-order valence-electron chi connectivity index (χ4n) is 9.78. The number of fused-ring (bicyclic) bond motifs is 5. The number of hydrogen-bond donors (Lipinski definition) is 1. The van der Waals surface area contributed by atoms with Crippen molar-refractivity contribution in [2.45, 2.75) is 32.6 Å². The molecule has 4 amide bonds. The van der Waals surface area contributed by atoms with Crippen LogP contribution < -0.4 is 14.5 Å². The second-order valence-corrected chi connectivity index (χ2v) is 17.6. The van der Waals surface area contributed by atoms with Gasteiger partial charge in [0.05, 0.1) is 40.8 Å². The number of benzene rings is 3. The van der Waals surface area contributed by atoms with Gasteiger partial charge in [0, 0.05) is 38.8 Å². The maximum atomic E-state index is 15.2. The Morgan fingerprint density at radius 1 is 1.02 bits per heavy atom. The molecule has 2 aromatic heterocycles. The topological polar surface area (TPSA) is 122 Å². The number of phenolic OH excluding ortho intramolecular Hbond substituents is 1. The van der Waals surface area contributed by atoms with E-state index in [1.54, 1.807) is 78.5 Å². The second kappa shape index (κ2) is 13.0. The third-order valence-corrected chi connectivity index (χ3v) is 14.5. The summed E-state index contributed by atoms with van der Waals surface area (Å²) in [7, 11) is 3.15. The third kappa shape index (κ3) is 5.08. The van der Waals surface area contributed by atoms with Crippen molar-refractivity contribution in [3.8, 4) is 22.1 Å². The van der Waals surface area contributed by atoms with E-state index in [0.717, 1.165) is 31.7 Å². The number of hydrogen-bond acceptors (Lipinski definition) is 8. The predicted molar refractivity (Wildman–Crippen MR) is 220 cm³/mol. The maximum absolute atomic E-state index is 15.2. The van der Waals surface area contributed by atoms with Crippen LogP contribution in [-0.2, 0) is 26.2 Å². The Bertz CT molecular complexity index is 2610. The third-order valence-electron chi connectivity index (χ3n) is 12.5. The van der Waals surface area contributed by atoms with Crippen LogP contribution in [0.1, 0.15) is 42.4 Å². The lowest BCUT2D eigenvalue weighted by Crippen LogP contribution is -2.49. The average Bonchev–Trinajstić information content (AvgIpc) is 3.85. The van der Waals surface area contributed by atoms with E-state index in [2.05, 4.69) is 22.5 Å². The number of allylic oxidation sites excluding steroid dienone is 2. The van der Waals surface area contributed by atoms with Gasteiger partial charge in [-0.1, -0.05) is 64.0 Å². The quantitative estimate of drug-likeness (QED) is 0.134. The molecule has 0 radical (unpaired) electrons. The van der Waals surface area contributed by atoms with Crippen LogP contribution in [0.25, 0.3) is 26.7 Å². The molecular weight excluding hydrogens is 816 g/mol. The molecule has 284 valence electrons. The summed E-state index contributed by atoms with van der Waals surface area (Å²) in [5, 5.41) is 18.2. The minimum Gasteiger partial charge on any atom is -0.504 e. The van der Waals surface area contributed by atoms with Crippen molar-refractivity contribution in [2.24, 2.45) is 36.1 Å². The zero-order chi connectivity index (χ0) is 39.5. The van der Waals surface area contributed by atoms with Gasteiger partial charge in [0.1, 0.15) is 11.5 Å². The summed E-state index contributed by atoms with van der Waals surface area (Å²) in [6.07, 6.45) is 4.08. The Kier molecular flexibility index (Phi) is 8.50. The van der Waals surface area contributed by atoms with Crippen LogP contribution in [0.5, 0.6) is 11.5 Å². The number of nitrogens with zero attached hydrogens (tertiary/aromatic N) is 4. The van der Waals surface area contributed by atoms with Gasteiger partial charge in [0.25, 0.3) is 0 Å². The molecule has 0 spiro atoms.